The molecule has 2 amide bonds. The van der Waals surface area contributed by atoms with Gasteiger partial charge in [0.05, 0.1) is 11.4 Å². The first-order valence-electron chi connectivity index (χ1n) is 8.13. The van der Waals surface area contributed by atoms with Gasteiger partial charge in [0.2, 0.25) is 11.8 Å². The Bertz CT molecular complexity index is 784. The van der Waals surface area contributed by atoms with Gasteiger partial charge < -0.3 is 10.6 Å². The van der Waals surface area contributed by atoms with Crippen molar-refractivity contribution in [1.82, 2.24) is 0 Å². The van der Waals surface area contributed by atoms with E-state index in [1.54, 1.807) is 0 Å². The standard InChI is InChI=1S/C19H20F2N2O2S/c1-13-4-2-5-15(10-13)22-18(24)6-3-9-26-12-19(25)23-17-8-7-14(20)11-16(17)21/h2,4-5,7-8,10-11H,3,6,9,12H2,1H3,(H,22,24)(H,23,25). The van der Waals surface area contributed by atoms with Gasteiger partial charge in [0.1, 0.15) is 11.6 Å². The number of carbonyl (C=O) groups excluding carboxylic acids is 2. The predicted octanol–water partition coefficient (Wildman–Crippen LogP) is 4.36. The number of hydrogen-bond donors (Lipinski definition) is 2. The fourth-order valence-electron chi connectivity index (χ4n) is 2.22. The normalized spacial score (nSPS) is 10.4. The molecule has 2 aromatic carbocycles. The first-order chi connectivity index (χ1) is 12.4. The molecule has 0 aliphatic heterocycles. The van der Waals surface area contributed by atoms with Gasteiger partial charge in [-0.25, -0.2) is 8.78 Å². The van der Waals surface area contributed by atoms with E-state index in [1.807, 2.05) is 31.2 Å². The maximum Gasteiger partial charge on any atom is 0.234 e. The molecule has 2 N–H and O–H groups in total. The summed E-state index contributed by atoms with van der Waals surface area (Å²) >= 11 is 1.35. The minimum absolute atomic E-state index is 0.0467. The molecule has 0 bridgehead atoms. The van der Waals surface area contributed by atoms with Crippen LogP contribution in [0.15, 0.2) is 42.5 Å². The second kappa shape index (κ2) is 9.91. The molecule has 138 valence electrons. The first-order valence-corrected chi connectivity index (χ1v) is 9.28. The topological polar surface area (TPSA) is 58.2 Å². The lowest BCUT2D eigenvalue weighted by Crippen LogP contribution is -2.16. The van der Waals surface area contributed by atoms with Crippen molar-refractivity contribution >= 4 is 35.0 Å². The molecular weight excluding hydrogens is 358 g/mol. The van der Waals surface area contributed by atoms with Crippen LogP contribution in [0.25, 0.3) is 0 Å². The molecule has 2 rings (SSSR count). The van der Waals surface area contributed by atoms with Crippen molar-refractivity contribution < 1.29 is 18.4 Å². The van der Waals surface area contributed by atoms with Crippen LogP contribution in [0.2, 0.25) is 0 Å². The third-order valence-electron chi connectivity index (χ3n) is 3.43. The van der Waals surface area contributed by atoms with E-state index in [1.165, 1.54) is 17.8 Å². The van der Waals surface area contributed by atoms with Crippen LogP contribution in [-0.2, 0) is 9.59 Å². The fraction of sp³-hybridized carbons (Fsp3) is 0.263. The van der Waals surface area contributed by atoms with Crippen LogP contribution in [0, 0.1) is 18.6 Å². The van der Waals surface area contributed by atoms with Gasteiger partial charge in [0, 0.05) is 18.2 Å². The summed E-state index contributed by atoms with van der Waals surface area (Å²) in [6.07, 6.45) is 0.982. The summed E-state index contributed by atoms with van der Waals surface area (Å²) in [6, 6.07) is 10.5. The van der Waals surface area contributed by atoms with Crippen molar-refractivity contribution in [3.63, 3.8) is 0 Å². The third-order valence-corrected chi connectivity index (χ3v) is 4.48. The van der Waals surface area contributed by atoms with Crippen LogP contribution in [-0.4, -0.2) is 23.3 Å². The molecule has 0 saturated heterocycles. The Morgan fingerprint density at radius 1 is 1.04 bits per heavy atom. The molecule has 0 aliphatic rings. The zero-order valence-electron chi connectivity index (χ0n) is 14.4. The van der Waals surface area contributed by atoms with Gasteiger partial charge in [0.15, 0.2) is 0 Å². The molecule has 0 aliphatic carbocycles. The van der Waals surface area contributed by atoms with Crippen molar-refractivity contribution in [3.05, 3.63) is 59.7 Å². The maximum atomic E-state index is 13.4. The summed E-state index contributed by atoms with van der Waals surface area (Å²) in [4.78, 5) is 23.6. The van der Waals surface area contributed by atoms with E-state index >= 15 is 0 Å². The van der Waals surface area contributed by atoms with Gasteiger partial charge in [-0.1, -0.05) is 12.1 Å². The number of halogens is 2. The van der Waals surface area contributed by atoms with Crippen LogP contribution < -0.4 is 10.6 Å². The SMILES string of the molecule is Cc1cccc(NC(=O)CCCSCC(=O)Nc2ccc(F)cc2F)c1. The lowest BCUT2D eigenvalue weighted by Gasteiger charge is -2.07. The zero-order chi connectivity index (χ0) is 18.9. The summed E-state index contributed by atoms with van der Waals surface area (Å²) in [7, 11) is 0. The molecule has 0 saturated carbocycles. The number of amides is 2. The van der Waals surface area contributed by atoms with Gasteiger partial charge in [-0.3, -0.25) is 9.59 Å². The largest absolute Gasteiger partial charge is 0.326 e. The summed E-state index contributed by atoms with van der Waals surface area (Å²) in [6.45, 7) is 1.95. The second-order valence-electron chi connectivity index (χ2n) is 5.75. The molecule has 2 aromatic rings. The number of hydrogen-bond acceptors (Lipinski definition) is 3. The van der Waals surface area contributed by atoms with Gasteiger partial charge in [-0.2, -0.15) is 11.8 Å². The van der Waals surface area contributed by atoms with Crippen LogP contribution in [0.1, 0.15) is 18.4 Å². The zero-order valence-corrected chi connectivity index (χ0v) is 15.2. The smallest absolute Gasteiger partial charge is 0.234 e. The van der Waals surface area contributed by atoms with Crippen molar-refractivity contribution in [2.45, 2.75) is 19.8 Å². The maximum absolute atomic E-state index is 13.4. The van der Waals surface area contributed by atoms with Gasteiger partial charge >= 0.3 is 0 Å². The quantitative estimate of drug-likeness (QED) is 0.671. The number of carbonyl (C=O) groups is 2. The molecule has 0 spiro atoms. The lowest BCUT2D eigenvalue weighted by molar-refractivity contribution is -0.116. The average Bonchev–Trinajstić information content (AvgIpc) is 2.57. The molecule has 0 atom stereocenters. The highest BCUT2D eigenvalue weighted by atomic mass is 32.2. The van der Waals surface area contributed by atoms with E-state index < -0.39 is 11.6 Å². The number of benzene rings is 2. The predicted molar refractivity (Wildman–Crippen MR) is 101 cm³/mol. The van der Waals surface area contributed by atoms with Crippen molar-refractivity contribution in [2.75, 3.05) is 22.1 Å². The highest BCUT2D eigenvalue weighted by Crippen LogP contribution is 2.16. The van der Waals surface area contributed by atoms with Crippen molar-refractivity contribution in [2.24, 2.45) is 0 Å². The molecule has 4 nitrogen and oxygen atoms in total. The summed E-state index contributed by atoms with van der Waals surface area (Å²) in [5, 5.41) is 5.22. The number of aryl methyl sites for hydroxylation is 1. The van der Waals surface area contributed by atoms with Gasteiger partial charge in [-0.15, -0.1) is 0 Å². The number of nitrogens with one attached hydrogen (secondary N) is 2. The second-order valence-corrected chi connectivity index (χ2v) is 6.85. The van der Waals surface area contributed by atoms with Gasteiger partial charge in [-0.05, 0) is 48.9 Å². The van der Waals surface area contributed by atoms with Crippen molar-refractivity contribution in [1.29, 1.82) is 0 Å². The molecule has 26 heavy (non-hydrogen) atoms. The Morgan fingerprint density at radius 2 is 1.85 bits per heavy atom. The molecule has 0 heterocycles. The van der Waals surface area contributed by atoms with Gasteiger partial charge in [0.25, 0.3) is 0 Å². The summed E-state index contributed by atoms with van der Waals surface area (Å²) < 4.78 is 26.2. The number of rotatable bonds is 8. The Labute approximate surface area is 155 Å². The molecule has 0 radical (unpaired) electrons. The van der Waals surface area contributed by atoms with E-state index in [0.717, 1.165) is 23.4 Å². The minimum Gasteiger partial charge on any atom is -0.326 e. The Hall–Kier alpha value is -2.41. The highest BCUT2D eigenvalue weighted by Gasteiger charge is 2.08. The minimum atomic E-state index is -0.809. The monoisotopic (exact) mass is 378 g/mol. The molecule has 0 fully saturated rings. The van der Waals surface area contributed by atoms with E-state index in [4.69, 9.17) is 0 Å². The number of anilines is 2. The van der Waals surface area contributed by atoms with Crippen LogP contribution >= 0.6 is 11.8 Å². The lowest BCUT2D eigenvalue weighted by atomic mass is 10.2. The Kier molecular flexibility index (Phi) is 7.59. The van der Waals surface area contributed by atoms with Crippen molar-refractivity contribution in [3.8, 4) is 0 Å². The molecular formula is C19H20F2N2O2S. The van der Waals surface area contributed by atoms with Crippen LogP contribution in [0.3, 0.4) is 0 Å². The number of thioether (sulfide) groups is 1. The Balaban J connectivity index is 1.62. The van der Waals surface area contributed by atoms with Crippen LogP contribution in [0.4, 0.5) is 20.2 Å². The summed E-state index contributed by atoms with van der Waals surface area (Å²) in [5.74, 6) is -1.19. The Morgan fingerprint density at radius 3 is 2.58 bits per heavy atom. The fourth-order valence-corrected chi connectivity index (χ4v) is 2.97. The third kappa shape index (κ3) is 6.84. The van der Waals surface area contributed by atoms with E-state index in [0.29, 0.717) is 18.6 Å². The van der Waals surface area contributed by atoms with E-state index in [-0.39, 0.29) is 23.3 Å². The average molecular weight is 378 g/mol. The summed E-state index contributed by atoms with van der Waals surface area (Å²) in [5.41, 5.74) is 1.79. The highest BCUT2D eigenvalue weighted by molar-refractivity contribution is 7.99. The van der Waals surface area contributed by atoms with E-state index in [2.05, 4.69) is 10.6 Å². The van der Waals surface area contributed by atoms with Crippen LogP contribution in [0.5, 0.6) is 0 Å². The first kappa shape index (κ1) is 19.9. The molecule has 0 aromatic heterocycles. The molecule has 0 unspecified atom stereocenters. The van der Waals surface area contributed by atoms with E-state index in [9.17, 15) is 18.4 Å². The molecule has 7 heteroatoms.